The molecule has 1 atom stereocenters. The van der Waals surface area contributed by atoms with Crippen LogP contribution in [0.1, 0.15) is 23.0 Å². The van der Waals surface area contributed by atoms with Gasteiger partial charge >= 0.3 is 0 Å². The molecule has 1 unspecified atom stereocenters. The van der Waals surface area contributed by atoms with E-state index in [1.807, 2.05) is 18.2 Å². The largest absolute Gasteiger partial charge is 0.313 e. The van der Waals surface area contributed by atoms with Crippen molar-refractivity contribution in [2.75, 3.05) is 19.6 Å². The first-order valence-corrected chi connectivity index (χ1v) is 9.62. The van der Waals surface area contributed by atoms with E-state index in [4.69, 9.17) is 11.6 Å². The van der Waals surface area contributed by atoms with E-state index < -0.39 is 10.0 Å². The molecule has 1 aliphatic heterocycles. The highest BCUT2D eigenvalue weighted by atomic mass is 35.5. The molecule has 1 aliphatic rings. The molecule has 2 aromatic rings. The molecule has 1 N–H and O–H groups in total. The summed E-state index contributed by atoms with van der Waals surface area (Å²) in [5.41, 5.74) is 2.06. The maximum Gasteiger partial charge on any atom is 0.247 e. The van der Waals surface area contributed by atoms with E-state index in [9.17, 15) is 8.42 Å². The second kappa shape index (κ2) is 6.48. The van der Waals surface area contributed by atoms with E-state index in [-0.39, 0.29) is 6.04 Å². The summed E-state index contributed by atoms with van der Waals surface area (Å²) in [5, 5.41) is 8.13. The predicted molar refractivity (Wildman–Crippen MR) is 93.6 cm³/mol. The van der Waals surface area contributed by atoms with Crippen LogP contribution in [0.5, 0.6) is 0 Å². The van der Waals surface area contributed by atoms with Gasteiger partial charge in [0.1, 0.15) is 4.90 Å². The van der Waals surface area contributed by atoms with Crippen molar-refractivity contribution in [3.8, 4) is 0 Å². The molecule has 0 bridgehead atoms. The van der Waals surface area contributed by atoms with Gasteiger partial charge in [-0.05, 0) is 31.5 Å². The molecule has 2 heterocycles. The average Bonchev–Trinajstić information content (AvgIpc) is 2.80. The fourth-order valence-electron chi connectivity index (χ4n) is 3.22. The van der Waals surface area contributed by atoms with Crippen LogP contribution in [-0.2, 0) is 17.1 Å². The number of hydrogen-bond donors (Lipinski definition) is 1. The third-order valence-corrected chi connectivity index (χ3v) is 6.83. The Kier molecular flexibility index (Phi) is 4.70. The van der Waals surface area contributed by atoms with E-state index in [2.05, 4.69) is 10.4 Å². The van der Waals surface area contributed by atoms with Crippen molar-refractivity contribution < 1.29 is 8.42 Å². The van der Waals surface area contributed by atoms with Gasteiger partial charge in [0.15, 0.2) is 0 Å². The lowest BCUT2D eigenvalue weighted by molar-refractivity contribution is 0.271. The smallest absolute Gasteiger partial charge is 0.247 e. The Labute approximate surface area is 147 Å². The number of piperazine rings is 1. The SMILES string of the molecule is Cc1nn(C)c(C)c1S(=O)(=O)N1CCNCC1c1cccc(Cl)c1. The second-order valence-electron chi connectivity index (χ2n) is 6.01. The number of halogens is 1. The van der Waals surface area contributed by atoms with Crippen molar-refractivity contribution in [3.63, 3.8) is 0 Å². The maximum atomic E-state index is 13.3. The molecule has 1 fully saturated rings. The summed E-state index contributed by atoms with van der Waals surface area (Å²) >= 11 is 6.10. The summed E-state index contributed by atoms with van der Waals surface area (Å²) in [4.78, 5) is 0.305. The van der Waals surface area contributed by atoms with Gasteiger partial charge in [-0.3, -0.25) is 4.68 Å². The molecule has 8 heteroatoms. The van der Waals surface area contributed by atoms with Gasteiger partial charge in [0.05, 0.1) is 17.4 Å². The van der Waals surface area contributed by atoms with Gasteiger partial charge in [-0.1, -0.05) is 23.7 Å². The van der Waals surface area contributed by atoms with E-state index in [0.717, 1.165) is 5.56 Å². The Morgan fingerprint density at radius 2 is 2.08 bits per heavy atom. The third-order valence-electron chi connectivity index (χ3n) is 4.44. The van der Waals surface area contributed by atoms with Gasteiger partial charge in [-0.25, -0.2) is 8.42 Å². The highest BCUT2D eigenvalue weighted by Gasteiger charge is 2.37. The Bertz CT molecular complexity index is 863. The zero-order valence-electron chi connectivity index (χ0n) is 14.0. The van der Waals surface area contributed by atoms with Gasteiger partial charge < -0.3 is 5.32 Å². The topological polar surface area (TPSA) is 67.2 Å². The van der Waals surface area contributed by atoms with E-state index in [0.29, 0.717) is 40.9 Å². The van der Waals surface area contributed by atoms with Crippen LogP contribution >= 0.6 is 11.6 Å². The van der Waals surface area contributed by atoms with Crippen molar-refractivity contribution in [1.82, 2.24) is 19.4 Å². The molecule has 0 spiro atoms. The molecule has 1 aromatic heterocycles. The number of nitrogens with one attached hydrogen (secondary N) is 1. The van der Waals surface area contributed by atoms with Crippen LogP contribution in [0, 0.1) is 13.8 Å². The molecule has 1 saturated heterocycles. The summed E-state index contributed by atoms with van der Waals surface area (Å²) in [7, 11) is -1.89. The Hall–Kier alpha value is -1.41. The molecular formula is C16H21ClN4O2S. The highest BCUT2D eigenvalue weighted by molar-refractivity contribution is 7.89. The summed E-state index contributed by atoms with van der Waals surface area (Å²) in [6, 6.07) is 7.08. The van der Waals surface area contributed by atoms with Gasteiger partial charge in [0.25, 0.3) is 0 Å². The average molecular weight is 369 g/mol. The van der Waals surface area contributed by atoms with Crippen LogP contribution < -0.4 is 5.32 Å². The third kappa shape index (κ3) is 2.97. The lowest BCUT2D eigenvalue weighted by Gasteiger charge is -2.35. The number of nitrogens with zero attached hydrogens (tertiary/aromatic N) is 3. The predicted octanol–water partition coefficient (Wildman–Crippen LogP) is 2.03. The zero-order chi connectivity index (χ0) is 17.5. The summed E-state index contributed by atoms with van der Waals surface area (Å²) in [6.45, 7) is 5.10. The van der Waals surface area contributed by atoms with Gasteiger partial charge in [0.2, 0.25) is 10.0 Å². The van der Waals surface area contributed by atoms with Crippen molar-refractivity contribution in [1.29, 1.82) is 0 Å². The first-order chi connectivity index (χ1) is 11.3. The first-order valence-electron chi connectivity index (χ1n) is 7.80. The molecule has 130 valence electrons. The van der Waals surface area contributed by atoms with E-state index >= 15 is 0 Å². The summed E-state index contributed by atoms with van der Waals surface area (Å²) < 4.78 is 29.8. The number of aryl methyl sites for hydroxylation is 2. The fourth-order valence-corrected chi connectivity index (χ4v) is 5.43. The van der Waals surface area contributed by atoms with Gasteiger partial charge in [-0.15, -0.1) is 0 Å². The van der Waals surface area contributed by atoms with Crippen LogP contribution in [0.25, 0.3) is 0 Å². The molecule has 0 radical (unpaired) electrons. The van der Waals surface area contributed by atoms with Crippen LogP contribution in [0.2, 0.25) is 5.02 Å². The number of benzene rings is 1. The van der Waals surface area contributed by atoms with Gasteiger partial charge in [0, 0.05) is 31.7 Å². The molecule has 24 heavy (non-hydrogen) atoms. The maximum absolute atomic E-state index is 13.3. The lowest BCUT2D eigenvalue weighted by atomic mass is 10.1. The van der Waals surface area contributed by atoms with Crippen molar-refractivity contribution in [2.24, 2.45) is 7.05 Å². The van der Waals surface area contributed by atoms with E-state index in [1.54, 1.807) is 35.9 Å². The number of sulfonamides is 1. The van der Waals surface area contributed by atoms with Crippen LogP contribution in [0.3, 0.4) is 0 Å². The lowest BCUT2D eigenvalue weighted by Crippen LogP contribution is -2.48. The minimum atomic E-state index is -3.65. The Balaban J connectivity index is 2.07. The number of aromatic nitrogens is 2. The van der Waals surface area contributed by atoms with Crippen molar-refractivity contribution in [3.05, 3.63) is 46.2 Å². The van der Waals surface area contributed by atoms with Crippen molar-refractivity contribution >= 4 is 21.6 Å². The normalized spacial score (nSPS) is 19.6. The first kappa shape index (κ1) is 17.4. The Morgan fingerprint density at radius 1 is 1.33 bits per heavy atom. The van der Waals surface area contributed by atoms with Crippen LogP contribution in [0.15, 0.2) is 29.2 Å². The number of rotatable bonds is 3. The molecule has 6 nitrogen and oxygen atoms in total. The molecule has 3 rings (SSSR count). The quantitative estimate of drug-likeness (QED) is 0.900. The zero-order valence-corrected chi connectivity index (χ0v) is 15.5. The fraction of sp³-hybridized carbons (Fsp3) is 0.438. The minimum absolute atomic E-state index is 0.290. The highest BCUT2D eigenvalue weighted by Crippen LogP contribution is 2.32. The summed E-state index contributed by atoms with van der Waals surface area (Å²) in [5.74, 6) is 0. The molecule has 0 aliphatic carbocycles. The van der Waals surface area contributed by atoms with Crippen molar-refractivity contribution in [2.45, 2.75) is 24.8 Å². The van der Waals surface area contributed by atoms with Gasteiger partial charge in [-0.2, -0.15) is 9.40 Å². The monoisotopic (exact) mass is 368 g/mol. The number of hydrogen-bond acceptors (Lipinski definition) is 4. The molecule has 1 aromatic carbocycles. The van der Waals surface area contributed by atoms with Crippen LogP contribution in [-0.4, -0.2) is 42.1 Å². The molecule has 0 saturated carbocycles. The standard InChI is InChI=1S/C16H21ClN4O2S/c1-11-16(12(2)20(3)19-11)24(22,23)21-8-7-18-10-15(21)13-5-4-6-14(17)9-13/h4-6,9,15,18H,7-8,10H2,1-3H3. The van der Waals surface area contributed by atoms with Crippen LogP contribution in [0.4, 0.5) is 0 Å². The Morgan fingerprint density at radius 3 is 2.71 bits per heavy atom. The molecule has 0 amide bonds. The minimum Gasteiger partial charge on any atom is -0.313 e. The van der Waals surface area contributed by atoms with E-state index in [1.165, 1.54) is 0 Å². The summed E-state index contributed by atoms with van der Waals surface area (Å²) in [6.07, 6.45) is 0. The molecular weight excluding hydrogens is 348 g/mol. The second-order valence-corrected chi connectivity index (χ2v) is 8.28.